The summed E-state index contributed by atoms with van der Waals surface area (Å²) in [5.74, 6) is -0.871. The van der Waals surface area contributed by atoms with Crippen molar-refractivity contribution in [2.45, 2.75) is 20.4 Å². The van der Waals surface area contributed by atoms with Crippen LogP contribution in [-0.4, -0.2) is 15.6 Å². The van der Waals surface area contributed by atoms with Gasteiger partial charge in [0.1, 0.15) is 17.2 Å². The van der Waals surface area contributed by atoms with Crippen molar-refractivity contribution in [3.63, 3.8) is 0 Å². The first kappa shape index (κ1) is 23.7. The van der Waals surface area contributed by atoms with E-state index in [9.17, 15) is 14.0 Å². The molecule has 1 aromatic heterocycles. The number of anilines is 3. The highest BCUT2D eigenvalue weighted by Crippen LogP contribution is 2.39. The SMILES string of the molecule is CCn1nc(-c2ccccc2)c(C(C)=O)c(N(c2cccc(F)c2)c2cc(Cl)cc(Cl)c2)c1=O. The fourth-order valence-corrected chi connectivity index (χ4v) is 4.32. The molecule has 172 valence electrons. The van der Waals surface area contributed by atoms with Crippen LogP contribution in [0.1, 0.15) is 24.2 Å². The Balaban J connectivity index is 2.16. The summed E-state index contributed by atoms with van der Waals surface area (Å²) in [6.07, 6.45) is 0. The lowest BCUT2D eigenvalue weighted by Crippen LogP contribution is -2.31. The normalized spacial score (nSPS) is 10.9. The smallest absolute Gasteiger partial charge is 0.291 e. The molecule has 4 rings (SSSR count). The highest BCUT2D eigenvalue weighted by atomic mass is 35.5. The van der Waals surface area contributed by atoms with E-state index in [2.05, 4.69) is 5.10 Å². The van der Waals surface area contributed by atoms with Gasteiger partial charge in [-0.05, 0) is 50.2 Å². The van der Waals surface area contributed by atoms with Crippen LogP contribution in [-0.2, 0) is 6.54 Å². The minimum absolute atomic E-state index is 0.0344. The third kappa shape index (κ3) is 4.60. The van der Waals surface area contributed by atoms with Gasteiger partial charge >= 0.3 is 0 Å². The van der Waals surface area contributed by atoms with Crippen LogP contribution in [0.4, 0.5) is 21.5 Å². The van der Waals surface area contributed by atoms with Crippen LogP contribution in [0.3, 0.4) is 0 Å². The summed E-state index contributed by atoms with van der Waals surface area (Å²) in [6.45, 7) is 3.41. The summed E-state index contributed by atoms with van der Waals surface area (Å²) in [6, 6.07) is 19.6. The van der Waals surface area contributed by atoms with E-state index in [0.29, 0.717) is 32.7 Å². The summed E-state index contributed by atoms with van der Waals surface area (Å²) in [5.41, 5.74) is 1.38. The maximum Gasteiger partial charge on any atom is 0.291 e. The van der Waals surface area contributed by atoms with Gasteiger partial charge in [0.2, 0.25) is 0 Å². The van der Waals surface area contributed by atoms with Gasteiger partial charge in [0.05, 0.1) is 5.56 Å². The molecule has 0 amide bonds. The number of rotatable bonds is 6. The minimum Gasteiger partial charge on any atom is -0.305 e. The Morgan fingerprint density at radius 2 is 1.65 bits per heavy atom. The number of aryl methyl sites for hydroxylation is 1. The summed E-state index contributed by atoms with van der Waals surface area (Å²) < 4.78 is 15.6. The Kier molecular flexibility index (Phi) is 6.82. The molecule has 4 aromatic rings. The molecule has 1 heterocycles. The molecule has 0 fully saturated rings. The molecule has 0 N–H and O–H groups in total. The van der Waals surface area contributed by atoms with E-state index in [1.807, 2.05) is 30.3 Å². The molecule has 0 atom stereocenters. The summed E-state index contributed by atoms with van der Waals surface area (Å²) >= 11 is 12.6. The highest BCUT2D eigenvalue weighted by Gasteiger charge is 2.28. The van der Waals surface area contributed by atoms with Crippen LogP contribution in [0.25, 0.3) is 11.3 Å². The molecule has 34 heavy (non-hydrogen) atoms. The van der Waals surface area contributed by atoms with Gasteiger partial charge in [-0.1, -0.05) is 59.6 Å². The van der Waals surface area contributed by atoms with E-state index in [1.54, 1.807) is 31.2 Å². The van der Waals surface area contributed by atoms with Crippen molar-refractivity contribution in [1.29, 1.82) is 0 Å². The Morgan fingerprint density at radius 1 is 0.971 bits per heavy atom. The van der Waals surface area contributed by atoms with Gasteiger partial charge in [0, 0.05) is 33.5 Å². The van der Waals surface area contributed by atoms with E-state index >= 15 is 0 Å². The lowest BCUT2D eigenvalue weighted by Gasteiger charge is -2.28. The fraction of sp³-hybridized carbons (Fsp3) is 0.115. The number of ketones is 1. The van der Waals surface area contributed by atoms with Crippen molar-refractivity contribution in [3.8, 4) is 11.3 Å². The standard InChI is InChI=1S/C26H20Cl2FN3O2/c1-3-31-26(34)25(23(16(2)33)24(30-31)17-8-5-4-6-9-17)32(21-11-7-10-20(29)15-21)22-13-18(27)12-19(28)14-22/h4-15H,3H2,1-2H3. The quantitative estimate of drug-likeness (QED) is 0.269. The predicted molar refractivity (Wildman–Crippen MR) is 134 cm³/mol. The van der Waals surface area contributed by atoms with Crippen LogP contribution < -0.4 is 10.5 Å². The molecule has 0 unspecified atom stereocenters. The molecule has 0 aliphatic heterocycles. The lowest BCUT2D eigenvalue weighted by atomic mass is 10.0. The number of hydrogen-bond donors (Lipinski definition) is 0. The summed E-state index contributed by atoms with van der Waals surface area (Å²) in [7, 11) is 0. The van der Waals surface area contributed by atoms with E-state index in [4.69, 9.17) is 23.2 Å². The maximum atomic E-state index is 14.3. The lowest BCUT2D eigenvalue weighted by molar-refractivity contribution is 0.101. The average molecular weight is 496 g/mol. The van der Waals surface area contributed by atoms with Gasteiger partial charge in [-0.25, -0.2) is 9.07 Å². The Hall–Kier alpha value is -3.48. The first-order valence-electron chi connectivity index (χ1n) is 10.5. The molecule has 5 nitrogen and oxygen atoms in total. The number of carbonyl (C=O) groups excluding carboxylic acids is 1. The van der Waals surface area contributed by atoms with Crippen molar-refractivity contribution < 1.29 is 9.18 Å². The van der Waals surface area contributed by atoms with E-state index in [1.165, 1.54) is 34.7 Å². The number of carbonyl (C=O) groups is 1. The monoisotopic (exact) mass is 495 g/mol. The zero-order valence-corrected chi connectivity index (χ0v) is 19.9. The van der Waals surface area contributed by atoms with Crippen LogP contribution in [0, 0.1) is 5.82 Å². The van der Waals surface area contributed by atoms with Crippen molar-refractivity contribution in [2.75, 3.05) is 4.90 Å². The molecule has 0 aliphatic carbocycles. The number of halogens is 3. The first-order chi connectivity index (χ1) is 16.3. The van der Waals surface area contributed by atoms with Crippen molar-refractivity contribution in [1.82, 2.24) is 9.78 Å². The third-order valence-corrected chi connectivity index (χ3v) is 5.66. The van der Waals surface area contributed by atoms with Gasteiger partial charge in [0.15, 0.2) is 5.78 Å². The molecule has 0 aliphatic rings. The number of benzene rings is 3. The average Bonchev–Trinajstić information content (AvgIpc) is 2.80. The topological polar surface area (TPSA) is 55.2 Å². The third-order valence-electron chi connectivity index (χ3n) is 5.23. The molecule has 0 saturated heterocycles. The molecule has 8 heteroatoms. The Morgan fingerprint density at radius 3 is 2.24 bits per heavy atom. The van der Waals surface area contributed by atoms with Crippen molar-refractivity contribution in [3.05, 3.63) is 105 Å². The number of nitrogens with zero attached hydrogens (tertiary/aromatic N) is 3. The van der Waals surface area contributed by atoms with Gasteiger partial charge < -0.3 is 4.90 Å². The highest BCUT2D eigenvalue weighted by molar-refractivity contribution is 6.35. The first-order valence-corrected chi connectivity index (χ1v) is 11.3. The second kappa shape index (κ2) is 9.79. The number of Topliss-reactive ketones (excluding diaryl/α,β-unsaturated/α-hetero) is 1. The summed E-state index contributed by atoms with van der Waals surface area (Å²) in [5, 5.41) is 5.14. The molecule has 0 radical (unpaired) electrons. The van der Waals surface area contributed by atoms with Gasteiger partial charge in [-0.3, -0.25) is 9.59 Å². The minimum atomic E-state index is -0.507. The second-order valence-electron chi connectivity index (χ2n) is 7.56. The second-order valence-corrected chi connectivity index (χ2v) is 8.43. The van der Waals surface area contributed by atoms with Crippen LogP contribution in [0.2, 0.25) is 10.0 Å². The fourth-order valence-electron chi connectivity index (χ4n) is 3.80. The number of hydrogen-bond acceptors (Lipinski definition) is 4. The molecule has 0 saturated carbocycles. The summed E-state index contributed by atoms with van der Waals surface area (Å²) in [4.78, 5) is 28.2. The van der Waals surface area contributed by atoms with Crippen LogP contribution in [0.5, 0.6) is 0 Å². The zero-order valence-electron chi connectivity index (χ0n) is 18.4. The van der Waals surface area contributed by atoms with Crippen molar-refractivity contribution in [2.24, 2.45) is 0 Å². The molecule has 0 spiro atoms. The molecular formula is C26H20Cl2FN3O2. The maximum absolute atomic E-state index is 14.3. The van der Waals surface area contributed by atoms with Crippen LogP contribution in [0.15, 0.2) is 77.6 Å². The zero-order chi connectivity index (χ0) is 24.4. The van der Waals surface area contributed by atoms with Gasteiger partial charge in [0.25, 0.3) is 5.56 Å². The van der Waals surface area contributed by atoms with Gasteiger partial charge in [-0.2, -0.15) is 5.10 Å². The molecule has 3 aromatic carbocycles. The van der Waals surface area contributed by atoms with E-state index in [0.717, 1.165) is 0 Å². The molecule has 0 bridgehead atoms. The largest absolute Gasteiger partial charge is 0.305 e. The van der Waals surface area contributed by atoms with Crippen LogP contribution >= 0.6 is 23.2 Å². The van der Waals surface area contributed by atoms with E-state index in [-0.39, 0.29) is 23.6 Å². The Labute approximate surface area is 206 Å². The van der Waals surface area contributed by atoms with E-state index < -0.39 is 11.4 Å². The molecular weight excluding hydrogens is 476 g/mol. The van der Waals surface area contributed by atoms with Crippen molar-refractivity contribution >= 4 is 46.0 Å². The number of aromatic nitrogens is 2. The van der Waals surface area contributed by atoms with Gasteiger partial charge in [-0.15, -0.1) is 0 Å². The predicted octanol–water partition coefficient (Wildman–Crippen LogP) is 7.05. The Bertz CT molecular complexity index is 1420.